The van der Waals surface area contributed by atoms with E-state index in [0.717, 1.165) is 20.6 Å². The molecule has 1 aromatic heterocycles. The first kappa shape index (κ1) is 11.5. The SMILES string of the molecule is Cc1ncsc1C(=O)Cc1cccc(Br)c1. The normalized spacial score (nSPS) is 10.4. The number of hydrogen-bond donors (Lipinski definition) is 0. The molecule has 4 heteroatoms. The quantitative estimate of drug-likeness (QED) is 0.809. The molecule has 0 spiro atoms. The number of Topliss-reactive ketones (excluding diaryl/α,β-unsaturated/α-hetero) is 1. The number of halogens is 1. The first-order chi connectivity index (χ1) is 7.66. The summed E-state index contributed by atoms with van der Waals surface area (Å²) in [7, 11) is 0. The Morgan fingerprint density at radius 2 is 2.31 bits per heavy atom. The Balaban J connectivity index is 2.17. The van der Waals surface area contributed by atoms with Gasteiger partial charge in [-0.25, -0.2) is 4.98 Å². The van der Waals surface area contributed by atoms with Gasteiger partial charge in [-0.15, -0.1) is 11.3 Å². The molecule has 0 aliphatic rings. The van der Waals surface area contributed by atoms with Gasteiger partial charge in [-0.2, -0.15) is 0 Å². The minimum Gasteiger partial charge on any atom is -0.293 e. The molecule has 2 rings (SSSR count). The summed E-state index contributed by atoms with van der Waals surface area (Å²) in [5.74, 6) is 0.137. The highest BCUT2D eigenvalue weighted by molar-refractivity contribution is 9.10. The van der Waals surface area contributed by atoms with Crippen molar-refractivity contribution in [1.82, 2.24) is 4.98 Å². The highest BCUT2D eigenvalue weighted by Crippen LogP contribution is 2.17. The van der Waals surface area contributed by atoms with Crippen LogP contribution in [0.25, 0.3) is 0 Å². The fourth-order valence-electron chi connectivity index (χ4n) is 1.48. The van der Waals surface area contributed by atoms with Crippen LogP contribution in [0.2, 0.25) is 0 Å². The predicted octanol–water partition coefficient (Wildman–Crippen LogP) is 3.64. The van der Waals surface area contributed by atoms with E-state index in [1.807, 2.05) is 31.2 Å². The summed E-state index contributed by atoms with van der Waals surface area (Å²) in [5.41, 5.74) is 3.56. The van der Waals surface area contributed by atoms with Gasteiger partial charge >= 0.3 is 0 Å². The highest BCUT2D eigenvalue weighted by atomic mass is 79.9. The zero-order chi connectivity index (χ0) is 11.5. The third-order valence-electron chi connectivity index (χ3n) is 2.25. The number of carbonyl (C=O) groups excluding carboxylic acids is 1. The molecule has 1 aromatic carbocycles. The second-order valence-electron chi connectivity index (χ2n) is 3.50. The Hall–Kier alpha value is -1.000. The average molecular weight is 296 g/mol. The van der Waals surface area contributed by atoms with Crippen LogP contribution in [0.3, 0.4) is 0 Å². The van der Waals surface area contributed by atoms with Crippen molar-refractivity contribution in [3.63, 3.8) is 0 Å². The Kier molecular flexibility index (Phi) is 3.51. The van der Waals surface area contributed by atoms with Crippen molar-refractivity contribution in [2.75, 3.05) is 0 Å². The van der Waals surface area contributed by atoms with Gasteiger partial charge in [-0.05, 0) is 24.6 Å². The minimum absolute atomic E-state index is 0.137. The van der Waals surface area contributed by atoms with Crippen LogP contribution in [-0.2, 0) is 6.42 Å². The lowest BCUT2D eigenvalue weighted by atomic mass is 10.1. The lowest BCUT2D eigenvalue weighted by molar-refractivity contribution is 0.0996. The molecule has 0 amide bonds. The first-order valence-electron chi connectivity index (χ1n) is 4.84. The molecule has 0 unspecified atom stereocenters. The highest BCUT2D eigenvalue weighted by Gasteiger charge is 2.12. The van der Waals surface area contributed by atoms with Gasteiger partial charge in [0.25, 0.3) is 0 Å². The van der Waals surface area contributed by atoms with Gasteiger partial charge in [0.15, 0.2) is 5.78 Å². The molecular weight excluding hydrogens is 286 g/mol. The molecule has 0 fully saturated rings. The fourth-order valence-corrected chi connectivity index (χ4v) is 2.67. The van der Waals surface area contributed by atoms with E-state index in [-0.39, 0.29) is 5.78 Å². The van der Waals surface area contributed by atoms with Crippen molar-refractivity contribution >= 4 is 33.0 Å². The maximum absolute atomic E-state index is 12.0. The maximum Gasteiger partial charge on any atom is 0.179 e. The predicted molar refractivity (Wildman–Crippen MR) is 69.0 cm³/mol. The standard InChI is InChI=1S/C12H10BrNOS/c1-8-12(16-7-14-8)11(15)6-9-3-2-4-10(13)5-9/h2-5,7H,6H2,1H3. The molecule has 0 aliphatic carbocycles. The first-order valence-corrected chi connectivity index (χ1v) is 6.52. The van der Waals surface area contributed by atoms with Crippen molar-refractivity contribution in [3.8, 4) is 0 Å². The Morgan fingerprint density at radius 1 is 1.50 bits per heavy atom. The maximum atomic E-state index is 12.0. The molecule has 0 saturated carbocycles. The number of thiazole rings is 1. The van der Waals surface area contributed by atoms with Gasteiger partial charge in [0, 0.05) is 10.9 Å². The van der Waals surface area contributed by atoms with Crippen LogP contribution < -0.4 is 0 Å². The minimum atomic E-state index is 0.137. The van der Waals surface area contributed by atoms with Gasteiger partial charge in [-0.1, -0.05) is 28.1 Å². The zero-order valence-electron chi connectivity index (χ0n) is 8.74. The van der Waals surface area contributed by atoms with E-state index in [9.17, 15) is 4.79 Å². The molecule has 1 heterocycles. The summed E-state index contributed by atoms with van der Waals surface area (Å²) in [5, 5.41) is 0. The van der Waals surface area contributed by atoms with Crippen molar-refractivity contribution in [1.29, 1.82) is 0 Å². The van der Waals surface area contributed by atoms with Crippen molar-refractivity contribution in [2.45, 2.75) is 13.3 Å². The fraction of sp³-hybridized carbons (Fsp3) is 0.167. The number of aryl methyl sites for hydroxylation is 1. The molecule has 2 nitrogen and oxygen atoms in total. The number of benzene rings is 1. The van der Waals surface area contributed by atoms with Crippen molar-refractivity contribution in [3.05, 3.63) is 50.4 Å². The van der Waals surface area contributed by atoms with Crippen molar-refractivity contribution < 1.29 is 4.79 Å². The van der Waals surface area contributed by atoms with Crippen LogP contribution in [-0.4, -0.2) is 10.8 Å². The number of nitrogens with zero attached hydrogens (tertiary/aromatic N) is 1. The summed E-state index contributed by atoms with van der Waals surface area (Å²) in [4.78, 5) is 16.8. The van der Waals surface area contributed by atoms with Crippen LogP contribution in [0.1, 0.15) is 20.9 Å². The molecule has 2 aromatic rings. The Labute approximate surface area is 106 Å². The Morgan fingerprint density at radius 3 is 2.94 bits per heavy atom. The van der Waals surface area contributed by atoms with E-state index in [2.05, 4.69) is 20.9 Å². The molecule has 0 N–H and O–H groups in total. The van der Waals surface area contributed by atoms with Gasteiger partial charge in [0.05, 0.1) is 16.1 Å². The van der Waals surface area contributed by atoms with Crippen molar-refractivity contribution in [2.24, 2.45) is 0 Å². The van der Waals surface area contributed by atoms with Gasteiger partial charge in [0.1, 0.15) is 0 Å². The Bertz CT molecular complexity index is 521. The van der Waals surface area contributed by atoms with E-state index in [1.165, 1.54) is 11.3 Å². The van der Waals surface area contributed by atoms with Crippen LogP contribution in [0.4, 0.5) is 0 Å². The molecule has 0 saturated heterocycles. The van der Waals surface area contributed by atoms with E-state index < -0.39 is 0 Å². The molecule has 0 atom stereocenters. The van der Waals surface area contributed by atoms with E-state index in [0.29, 0.717) is 6.42 Å². The van der Waals surface area contributed by atoms with Gasteiger partial charge in [-0.3, -0.25) is 4.79 Å². The molecule has 0 bridgehead atoms. The monoisotopic (exact) mass is 295 g/mol. The molecule has 0 radical (unpaired) electrons. The van der Waals surface area contributed by atoms with E-state index in [4.69, 9.17) is 0 Å². The molecule has 82 valence electrons. The topological polar surface area (TPSA) is 30.0 Å². The molecule has 16 heavy (non-hydrogen) atoms. The third-order valence-corrected chi connectivity index (χ3v) is 3.72. The lowest BCUT2D eigenvalue weighted by Gasteiger charge is -2.00. The van der Waals surface area contributed by atoms with Crippen LogP contribution in [0.5, 0.6) is 0 Å². The zero-order valence-corrected chi connectivity index (χ0v) is 11.1. The largest absolute Gasteiger partial charge is 0.293 e. The van der Waals surface area contributed by atoms with Crippen LogP contribution >= 0.6 is 27.3 Å². The summed E-state index contributed by atoms with van der Waals surface area (Å²) < 4.78 is 0.999. The number of hydrogen-bond acceptors (Lipinski definition) is 3. The van der Waals surface area contributed by atoms with Crippen LogP contribution in [0.15, 0.2) is 34.2 Å². The van der Waals surface area contributed by atoms with Gasteiger partial charge < -0.3 is 0 Å². The lowest BCUT2D eigenvalue weighted by Crippen LogP contribution is -2.03. The average Bonchev–Trinajstić information content (AvgIpc) is 2.64. The summed E-state index contributed by atoms with van der Waals surface area (Å²) in [6.07, 6.45) is 0.433. The number of ketones is 1. The number of carbonyl (C=O) groups is 1. The van der Waals surface area contributed by atoms with Crippen LogP contribution in [0, 0.1) is 6.92 Å². The van der Waals surface area contributed by atoms with E-state index >= 15 is 0 Å². The summed E-state index contributed by atoms with van der Waals surface area (Å²) in [6.45, 7) is 1.87. The molecule has 0 aliphatic heterocycles. The number of aromatic nitrogens is 1. The van der Waals surface area contributed by atoms with E-state index in [1.54, 1.807) is 5.51 Å². The second kappa shape index (κ2) is 4.89. The third kappa shape index (κ3) is 2.57. The van der Waals surface area contributed by atoms with Gasteiger partial charge in [0.2, 0.25) is 0 Å². The second-order valence-corrected chi connectivity index (χ2v) is 5.27. The molecular formula is C12H10BrNOS. The summed E-state index contributed by atoms with van der Waals surface area (Å²) >= 11 is 4.80. The smallest absolute Gasteiger partial charge is 0.179 e. The number of rotatable bonds is 3. The summed E-state index contributed by atoms with van der Waals surface area (Å²) in [6, 6.07) is 7.81.